The molecule has 1 aliphatic heterocycles. The molecule has 0 bridgehead atoms. The van der Waals surface area contributed by atoms with Crippen molar-refractivity contribution in [1.82, 2.24) is 10.2 Å². The molecule has 4 nitrogen and oxygen atoms in total. The maximum Gasteiger partial charge on any atom is 0.223 e. The standard InChI is InChI=1S/C13H27N3O.2ClH/c1-4-13(5-2,10-14)15-12(17)11-6-8-16(3)9-7-11;;/h11H,4-10,14H2,1-3H3,(H,15,17);2*1H. The van der Waals surface area contributed by atoms with Crippen molar-refractivity contribution in [2.24, 2.45) is 11.7 Å². The van der Waals surface area contributed by atoms with Gasteiger partial charge in [-0.25, -0.2) is 0 Å². The summed E-state index contributed by atoms with van der Waals surface area (Å²) in [6.07, 6.45) is 3.74. The van der Waals surface area contributed by atoms with E-state index in [1.54, 1.807) is 0 Å². The molecular formula is C13H29Cl2N3O. The summed E-state index contributed by atoms with van der Waals surface area (Å²) >= 11 is 0. The Morgan fingerprint density at radius 1 is 1.26 bits per heavy atom. The Balaban J connectivity index is 0. The fourth-order valence-corrected chi connectivity index (χ4v) is 2.40. The lowest BCUT2D eigenvalue weighted by molar-refractivity contribution is -0.128. The Labute approximate surface area is 129 Å². The van der Waals surface area contributed by atoms with Crippen LogP contribution in [-0.4, -0.2) is 43.0 Å². The fourth-order valence-electron chi connectivity index (χ4n) is 2.40. The molecule has 0 aliphatic carbocycles. The van der Waals surface area contributed by atoms with Gasteiger partial charge in [-0.2, -0.15) is 0 Å². The fraction of sp³-hybridized carbons (Fsp3) is 0.923. The molecule has 0 radical (unpaired) electrons. The number of carbonyl (C=O) groups is 1. The number of amides is 1. The molecule has 0 atom stereocenters. The molecule has 0 aromatic carbocycles. The van der Waals surface area contributed by atoms with Gasteiger partial charge >= 0.3 is 0 Å². The van der Waals surface area contributed by atoms with Gasteiger partial charge in [0.2, 0.25) is 5.91 Å². The van der Waals surface area contributed by atoms with Crippen LogP contribution in [0.4, 0.5) is 0 Å². The van der Waals surface area contributed by atoms with Gasteiger partial charge in [-0.05, 0) is 45.8 Å². The van der Waals surface area contributed by atoms with Crippen molar-refractivity contribution < 1.29 is 4.79 Å². The molecule has 1 rings (SSSR count). The van der Waals surface area contributed by atoms with Gasteiger partial charge < -0.3 is 16.0 Å². The van der Waals surface area contributed by atoms with Crippen LogP contribution in [0.5, 0.6) is 0 Å². The quantitative estimate of drug-likeness (QED) is 0.813. The number of nitrogens with two attached hydrogens (primary N) is 1. The van der Waals surface area contributed by atoms with Crippen LogP contribution in [-0.2, 0) is 4.79 Å². The summed E-state index contributed by atoms with van der Waals surface area (Å²) in [7, 11) is 2.11. The van der Waals surface area contributed by atoms with E-state index in [1.807, 2.05) is 0 Å². The summed E-state index contributed by atoms with van der Waals surface area (Å²) in [5.41, 5.74) is 5.61. The Morgan fingerprint density at radius 2 is 1.74 bits per heavy atom. The highest BCUT2D eigenvalue weighted by molar-refractivity contribution is 5.85. The molecule has 116 valence electrons. The lowest BCUT2D eigenvalue weighted by Crippen LogP contribution is -2.55. The van der Waals surface area contributed by atoms with Crippen LogP contribution in [0.3, 0.4) is 0 Å². The van der Waals surface area contributed by atoms with Crippen LogP contribution >= 0.6 is 24.8 Å². The molecule has 0 saturated carbocycles. The van der Waals surface area contributed by atoms with Gasteiger partial charge in [0.25, 0.3) is 0 Å². The lowest BCUT2D eigenvalue weighted by Gasteiger charge is -2.35. The number of nitrogens with zero attached hydrogens (tertiary/aromatic N) is 1. The summed E-state index contributed by atoms with van der Waals surface area (Å²) in [4.78, 5) is 14.5. The minimum atomic E-state index is -0.194. The van der Waals surface area contributed by atoms with E-state index in [0.717, 1.165) is 38.8 Å². The largest absolute Gasteiger partial charge is 0.349 e. The monoisotopic (exact) mass is 313 g/mol. The maximum atomic E-state index is 12.2. The Morgan fingerprint density at radius 3 is 2.11 bits per heavy atom. The van der Waals surface area contributed by atoms with Gasteiger partial charge in [0, 0.05) is 12.5 Å². The van der Waals surface area contributed by atoms with Crippen LogP contribution in [0.15, 0.2) is 0 Å². The molecule has 1 aliphatic rings. The van der Waals surface area contributed by atoms with Crippen LogP contribution in [0, 0.1) is 5.92 Å². The molecule has 19 heavy (non-hydrogen) atoms. The summed E-state index contributed by atoms with van der Waals surface area (Å²) in [6.45, 7) is 6.74. The van der Waals surface area contributed by atoms with Gasteiger partial charge in [0.15, 0.2) is 0 Å². The average Bonchev–Trinajstić information content (AvgIpc) is 2.37. The van der Waals surface area contributed by atoms with Crippen molar-refractivity contribution in [3.63, 3.8) is 0 Å². The normalized spacial score (nSPS) is 17.3. The van der Waals surface area contributed by atoms with E-state index in [4.69, 9.17) is 5.73 Å². The van der Waals surface area contributed by atoms with Crippen molar-refractivity contribution in [3.05, 3.63) is 0 Å². The number of carbonyl (C=O) groups excluding carboxylic acids is 1. The van der Waals surface area contributed by atoms with Crippen molar-refractivity contribution >= 4 is 30.7 Å². The molecule has 3 N–H and O–H groups in total. The molecule has 0 spiro atoms. The molecule has 0 aromatic rings. The second kappa shape index (κ2) is 9.81. The van der Waals surface area contributed by atoms with E-state index in [9.17, 15) is 4.79 Å². The highest BCUT2D eigenvalue weighted by atomic mass is 35.5. The molecule has 1 heterocycles. The highest BCUT2D eigenvalue weighted by Crippen LogP contribution is 2.19. The topological polar surface area (TPSA) is 58.4 Å². The minimum absolute atomic E-state index is 0. The number of piperidine rings is 1. The third kappa shape index (κ3) is 5.86. The molecule has 1 fully saturated rings. The third-order valence-corrected chi connectivity index (χ3v) is 4.22. The van der Waals surface area contributed by atoms with Gasteiger partial charge in [0.05, 0.1) is 5.54 Å². The summed E-state index contributed by atoms with van der Waals surface area (Å²) in [5, 5.41) is 3.18. The number of rotatable bonds is 5. The molecule has 1 saturated heterocycles. The molecule has 1 amide bonds. The number of hydrogen-bond donors (Lipinski definition) is 2. The van der Waals surface area contributed by atoms with Crippen LogP contribution < -0.4 is 11.1 Å². The molecule has 0 aromatic heterocycles. The smallest absolute Gasteiger partial charge is 0.223 e. The highest BCUT2D eigenvalue weighted by Gasteiger charge is 2.30. The summed E-state index contributed by atoms with van der Waals surface area (Å²) < 4.78 is 0. The second-order valence-corrected chi connectivity index (χ2v) is 5.26. The van der Waals surface area contributed by atoms with Crippen molar-refractivity contribution in [2.75, 3.05) is 26.7 Å². The third-order valence-electron chi connectivity index (χ3n) is 4.22. The zero-order valence-electron chi connectivity index (χ0n) is 12.3. The molecule has 0 unspecified atom stereocenters. The van der Waals surface area contributed by atoms with E-state index in [2.05, 4.69) is 31.1 Å². The summed E-state index contributed by atoms with van der Waals surface area (Å²) in [6, 6.07) is 0. The molecular weight excluding hydrogens is 285 g/mol. The molecule has 6 heteroatoms. The number of hydrogen-bond acceptors (Lipinski definition) is 3. The van der Waals surface area contributed by atoms with E-state index in [0.29, 0.717) is 6.54 Å². The zero-order chi connectivity index (χ0) is 12.9. The van der Waals surface area contributed by atoms with Gasteiger partial charge in [-0.1, -0.05) is 13.8 Å². The van der Waals surface area contributed by atoms with Crippen molar-refractivity contribution in [3.8, 4) is 0 Å². The van der Waals surface area contributed by atoms with Gasteiger partial charge in [-0.15, -0.1) is 24.8 Å². The van der Waals surface area contributed by atoms with Crippen LogP contribution in [0.25, 0.3) is 0 Å². The van der Waals surface area contributed by atoms with Crippen LogP contribution in [0.2, 0.25) is 0 Å². The Bertz CT molecular complexity index is 244. The first-order valence-electron chi connectivity index (χ1n) is 6.77. The van der Waals surface area contributed by atoms with Crippen molar-refractivity contribution in [2.45, 2.75) is 45.1 Å². The van der Waals surface area contributed by atoms with Gasteiger partial charge in [0.1, 0.15) is 0 Å². The van der Waals surface area contributed by atoms with Crippen molar-refractivity contribution in [1.29, 1.82) is 0 Å². The number of likely N-dealkylation sites (tertiary alicyclic amines) is 1. The first kappa shape index (κ1) is 21.3. The first-order valence-corrected chi connectivity index (χ1v) is 6.77. The van der Waals surface area contributed by atoms with E-state index < -0.39 is 0 Å². The van der Waals surface area contributed by atoms with Gasteiger partial charge in [-0.3, -0.25) is 4.79 Å². The first-order chi connectivity index (χ1) is 8.06. The predicted octanol–water partition coefficient (Wildman–Crippen LogP) is 1.81. The lowest BCUT2D eigenvalue weighted by atomic mass is 9.90. The minimum Gasteiger partial charge on any atom is -0.349 e. The van der Waals surface area contributed by atoms with E-state index >= 15 is 0 Å². The second-order valence-electron chi connectivity index (χ2n) is 5.26. The zero-order valence-corrected chi connectivity index (χ0v) is 13.9. The number of nitrogens with one attached hydrogen (secondary N) is 1. The predicted molar refractivity (Wildman–Crippen MR) is 85.2 cm³/mol. The maximum absolute atomic E-state index is 12.2. The van der Waals surface area contributed by atoms with E-state index in [1.165, 1.54) is 0 Å². The Kier molecular flexibility index (Phi) is 11.0. The number of halogens is 2. The SMILES string of the molecule is CCC(CC)(CN)NC(=O)C1CCN(C)CC1.Cl.Cl. The van der Waals surface area contributed by atoms with E-state index in [-0.39, 0.29) is 42.2 Å². The van der Waals surface area contributed by atoms with Crippen LogP contribution in [0.1, 0.15) is 39.5 Å². The average molecular weight is 314 g/mol. The summed E-state index contributed by atoms with van der Waals surface area (Å²) in [5.74, 6) is 0.377. The Hall–Kier alpha value is -0.0300.